The first-order valence-corrected chi connectivity index (χ1v) is 6.30. The fourth-order valence-corrected chi connectivity index (χ4v) is 1.94. The van der Waals surface area contributed by atoms with Crippen LogP contribution < -0.4 is 5.32 Å². The molecule has 0 saturated heterocycles. The average Bonchev–Trinajstić information content (AvgIpc) is 2.40. The Hall–Kier alpha value is -1.31. The van der Waals surface area contributed by atoms with Crippen LogP contribution in [-0.4, -0.2) is 0 Å². The van der Waals surface area contributed by atoms with Crippen LogP contribution in [0, 0.1) is 0 Å². The highest BCUT2D eigenvalue weighted by Gasteiger charge is 1.95. The van der Waals surface area contributed by atoms with E-state index < -0.39 is 0 Å². The minimum absolute atomic E-state index is 0.576. The number of benzene rings is 2. The molecule has 0 bridgehead atoms. The molecule has 0 atom stereocenters. The van der Waals surface area contributed by atoms with Crippen LogP contribution in [0.4, 0.5) is 0 Å². The highest BCUT2D eigenvalue weighted by Crippen LogP contribution is 2.08. The van der Waals surface area contributed by atoms with Crippen LogP contribution in [0.15, 0.2) is 54.6 Å². The summed E-state index contributed by atoms with van der Waals surface area (Å²) >= 11 is 5.81. The van der Waals surface area contributed by atoms with Gasteiger partial charge in [0, 0.05) is 19.0 Å². The second-order valence-corrected chi connectivity index (χ2v) is 4.31. The molecular formula is C15H16ClN. The Morgan fingerprint density at radius 3 is 2.18 bits per heavy atom. The van der Waals surface area contributed by atoms with Gasteiger partial charge in [-0.1, -0.05) is 54.6 Å². The van der Waals surface area contributed by atoms with Crippen molar-refractivity contribution < 1.29 is 0 Å². The van der Waals surface area contributed by atoms with Crippen molar-refractivity contribution in [1.82, 2.24) is 5.32 Å². The quantitative estimate of drug-likeness (QED) is 0.792. The van der Waals surface area contributed by atoms with E-state index in [4.69, 9.17) is 11.6 Å². The van der Waals surface area contributed by atoms with Gasteiger partial charge in [-0.3, -0.25) is 0 Å². The summed E-state index contributed by atoms with van der Waals surface area (Å²) in [6, 6.07) is 18.8. The molecular weight excluding hydrogens is 230 g/mol. The summed E-state index contributed by atoms with van der Waals surface area (Å²) in [5, 5.41) is 3.43. The Balaban J connectivity index is 1.86. The van der Waals surface area contributed by atoms with Crippen molar-refractivity contribution in [2.24, 2.45) is 0 Å². The Morgan fingerprint density at radius 1 is 0.765 bits per heavy atom. The van der Waals surface area contributed by atoms with E-state index in [0.29, 0.717) is 5.88 Å². The van der Waals surface area contributed by atoms with Gasteiger partial charge in [-0.2, -0.15) is 0 Å². The zero-order valence-corrected chi connectivity index (χ0v) is 10.5. The molecule has 88 valence electrons. The van der Waals surface area contributed by atoms with Crippen LogP contribution in [0.1, 0.15) is 16.7 Å². The molecule has 0 aliphatic carbocycles. The summed E-state index contributed by atoms with van der Waals surface area (Å²) in [7, 11) is 0. The Bertz CT molecular complexity index is 453. The normalized spacial score (nSPS) is 10.4. The Labute approximate surface area is 107 Å². The van der Waals surface area contributed by atoms with E-state index in [9.17, 15) is 0 Å². The number of nitrogens with one attached hydrogen (secondary N) is 1. The molecule has 2 aromatic carbocycles. The lowest BCUT2D eigenvalue weighted by Gasteiger charge is -2.06. The molecule has 0 aliphatic rings. The van der Waals surface area contributed by atoms with Gasteiger partial charge < -0.3 is 5.32 Å². The molecule has 0 spiro atoms. The fourth-order valence-electron chi connectivity index (χ4n) is 1.77. The maximum absolute atomic E-state index is 5.81. The van der Waals surface area contributed by atoms with E-state index in [1.54, 1.807) is 0 Å². The summed E-state index contributed by atoms with van der Waals surface area (Å²) in [6.45, 7) is 1.77. The standard InChI is InChI=1S/C15H16ClN/c16-10-14-7-4-8-15(9-14)12-17-11-13-5-2-1-3-6-13/h1-9,17H,10-12H2. The molecule has 0 unspecified atom stereocenters. The first-order valence-electron chi connectivity index (χ1n) is 5.77. The van der Waals surface area contributed by atoms with Crippen molar-refractivity contribution in [2.45, 2.75) is 19.0 Å². The molecule has 2 aromatic rings. The second kappa shape index (κ2) is 6.43. The van der Waals surface area contributed by atoms with E-state index in [0.717, 1.165) is 13.1 Å². The minimum Gasteiger partial charge on any atom is -0.309 e. The fraction of sp³-hybridized carbons (Fsp3) is 0.200. The van der Waals surface area contributed by atoms with E-state index in [-0.39, 0.29) is 0 Å². The van der Waals surface area contributed by atoms with Gasteiger partial charge in [0.1, 0.15) is 0 Å². The van der Waals surface area contributed by atoms with Crippen molar-refractivity contribution in [3.63, 3.8) is 0 Å². The average molecular weight is 246 g/mol. The van der Waals surface area contributed by atoms with Gasteiger partial charge in [0.25, 0.3) is 0 Å². The maximum Gasteiger partial charge on any atom is 0.0474 e. The van der Waals surface area contributed by atoms with Crippen LogP contribution in [0.5, 0.6) is 0 Å². The van der Waals surface area contributed by atoms with E-state index in [1.165, 1.54) is 16.7 Å². The lowest BCUT2D eigenvalue weighted by atomic mass is 10.1. The first-order chi connectivity index (χ1) is 8.38. The van der Waals surface area contributed by atoms with Crippen molar-refractivity contribution >= 4 is 11.6 Å². The Morgan fingerprint density at radius 2 is 1.41 bits per heavy atom. The zero-order valence-electron chi connectivity index (χ0n) is 9.70. The molecule has 0 heterocycles. The van der Waals surface area contributed by atoms with Crippen molar-refractivity contribution in [1.29, 1.82) is 0 Å². The molecule has 0 fully saturated rings. The van der Waals surface area contributed by atoms with Gasteiger partial charge in [0.15, 0.2) is 0 Å². The number of alkyl halides is 1. The van der Waals surface area contributed by atoms with E-state index in [1.807, 2.05) is 12.1 Å². The summed E-state index contributed by atoms with van der Waals surface area (Å²) in [5.74, 6) is 0.576. The summed E-state index contributed by atoms with van der Waals surface area (Å²) in [5.41, 5.74) is 3.76. The van der Waals surface area contributed by atoms with Crippen LogP contribution >= 0.6 is 11.6 Å². The third-order valence-electron chi connectivity index (χ3n) is 2.65. The van der Waals surface area contributed by atoms with Gasteiger partial charge in [-0.25, -0.2) is 0 Å². The van der Waals surface area contributed by atoms with Gasteiger partial charge in [0.2, 0.25) is 0 Å². The summed E-state index contributed by atoms with van der Waals surface area (Å²) in [6.07, 6.45) is 0. The molecule has 0 saturated carbocycles. The minimum atomic E-state index is 0.576. The largest absolute Gasteiger partial charge is 0.309 e. The van der Waals surface area contributed by atoms with Crippen LogP contribution in [0.2, 0.25) is 0 Å². The molecule has 1 nitrogen and oxygen atoms in total. The molecule has 1 N–H and O–H groups in total. The van der Waals surface area contributed by atoms with E-state index >= 15 is 0 Å². The number of hydrogen-bond donors (Lipinski definition) is 1. The van der Waals surface area contributed by atoms with Crippen molar-refractivity contribution in [3.05, 3.63) is 71.3 Å². The highest BCUT2D eigenvalue weighted by molar-refractivity contribution is 6.17. The van der Waals surface area contributed by atoms with Crippen molar-refractivity contribution in [2.75, 3.05) is 0 Å². The van der Waals surface area contributed by atoms with Crippen LogP contribution in [-0.2, 0) is 19.0 Å². The molecule has 0 radical (unpaired) electrons. The lowest BCUT2D eigenvalue weighted by molar-refractivity contribution is 0.693. The Kier molecular flexibility index (Phi) is 4.60. The van der Waals surface area contributed by atoms with Crippen LogP contribution in [0.25, 0.3) is 0 Å². The molecule has 0 aliphatic heterocycles. The summed E-state index contributed by atoms with van der Waals surface area (Å²) in [4.78, 5) is 0. The smallest absolute Gasteiger partial charge is 0.0474 e. The lowest BCUT2D eigenvalue weighted by Crippen LogP contribution is -2.12. The van der Waals surface area contributed by atoms with Crippen LogP contribution in [0.3, 0.4) is 0 Å². The number of rotatable bonds is 5. The molecule has 2 rings (SSSR count). The molecule has 0 amide bonds. The van der Waals surface area contributed by atoms with Crippen molar-refractivity contribution in [3.8, 4) is 0 Å². The number of hydrogen-bond acceptors (Lipinski definition) is 1. The van der Waals surface area contributed by atoms with Gasteiger partial charge in [0.05, 0.1) is 0 Å². The predicted octanol–water partition coefficient (Wildman–Crippen LogP) is 3.72. The summed E-state index contributed by atoms with van der Waals surface area (Å²) < 4.78 is 0. The zero-order chi connectivity index (χ0) is 11.9. The monoisotopic (exact) mass is 245 g/mol. The van der Waals surface area contributed by atoms with Gasteiger partial charge in [-0.05, 0) is 16.7 Å². The van der Waals surface area contributed by atoms with Gasteiger partial charge in [-0.15, -0.1) is 11.6 Å². The second-order valence-electron chi connectivity index (χ2n) is 4.04. The first kappa shape index (κ1) is 12.2. The van der Waals surface area contributed by atoms with Gasteiger partial charge >= 0.3 is 0 Å². The maximum atomic E-state index is 5.81. The predicted molar refractivity (Wildman–Crippen MR) is 73.0 cm³/mol. The van der Waals surface area contributed by atoms with E-state index in [2.05, 4.69) is 47.8 Å². The molecule has 0 aromatic heterocycles. The molecule has 17 heavy (non-hydrogen) atoms. The third-order valence-corrected chi connectivity index (χ3v) is 2.96. The highest BCUT2D eigenvalue weighted by atomic mass is 35.5. The number of halogens is 1. The molecule has 2 heteroatoms. The SMILES string of the molecule is ClCc1cccc(CNCc2ccccc2)c1. The third kappa shape index (κ3) is 3.88. The topological polar surface area (TPSA) is 12.0 Å².